The van der Waals surface area contributed by atoms with Crippen LogP contribution in [0.15, 0.2) is 48.6 Å². The van der Waals surface area contributed by atoms with Crippen LogP contribution < -0.4 is 9.47 Å². The molecule has 1 aliphatic carbocycles. The minimum Gasteiger partial charge on any atom is -0.497 e. The van der Waals surface area contributed by atoms with Gasteiger partial charge in [0, 0.05) is 12.0 Å². The molecule has 1 aromatic carbocycles. The fourth-order valence-electron chi connectivity index (χ4n) is 1.96. The summed E-state index contributed by atoms with van der Waals surface area (Å²) in [5.74, 6) is -0.319. The molecule has 0 aromatic heterocycles. The van der Waals surface area contributed by atoms with E-state index >= 15 is 0 Å². The summed E-state index contributed by atoms with van der Waals surface area (Å²) in [5.41, 5.74) is 0. The Morgan fingerprint density at radius 3 is 2.35 bits per heavy atom. The van der Waals surface area contributed by atoms with Gasteiger partial charge in [-0.3, -0.25) is 10.1 Å². The molecule has 0 N–H and O–H groups in total. The third-order valence-electron chi connectivity index (χ3n) is 3.03. The average Bonchev–Trinajstić information content (AvgIpc) is 2.48. The van der Waals surface area contributed by atoms with Crippen LogP contribution >= 0.6 is 0 Å². The van der Waals surface area contributed by atoms with Gasteiger partial charge in [-0.15, -0.1) is 0 Å². The zero-order valence-electron chi connectivity index (χ0n) is 11.2. The molecule has 20 heavy (non-hydrogen) atoms. The molecule has 6 heteroatoms. The Hall–Kier alpha value is -2.34. The molecule has 0 amide bonds. The molecular weight excluding hydrogens is 262 g/mol. The van der Waals surface area contributed by atoms with E-state index in [2.05, 4.69) is 0 Å². The van der Waals surface area contributed by atoms with Gasteiger partial charge in [0.1, 0.15) is 11.5 Å². The van der Waals surface area contributed by atoms with E-state index in [0.29, 0.717) is 11.5 Å². The minimum atomic E-state index is -1.45. The molecule has 2 unspecified atom stereocenters. The number of allylic oxidation sites excluding steroid dienone is 2. The third-order valence-corrected chi connectivity index (χ3v) is 3.03. The molecule has 0 radical (unpaired) electrons. The van der Waals surface area contributed by atoms with Crippen LogP contribution in [0, 0.1) is 10.1 Å². The average molecular weight is 277 g/mol. The van der Waals surface area contributed by atoms with Crippen molar-refractivity contribution in [3.8, 4) is 11.5 Å². The predicted octanol–water partition coefficient (Wildman–Crippen LogP) is 2.19. The largest absolute Gasteiger partial charge is 0.497 e. The van der Waals surface area contributed by atoms with E-state index in [1.54, 1.807) is 43.5 Å². The van der Waals surface area contributed by atoms with Gasteiger partial charge in [-0.2, -0.15) is 0 Å². The molecule has 2 atom stereocenters. The molecule has 0 saturated carbocycles. The van der Waals surface area contributed by atoms with Crippen LogP contribution in [0.1, 0.15) is 0 Å². The lowest BCUT2D eigenvalue weighted by Gasteiger charge is -2.31. The van der Waals surface area contributed by atoms with E-state index in [1.165, 1.54) is 19.3 Å². The van der Waals surface area contributed by atoms with Crippen LogP contribution in [0.5, 0.6) is 11.5 Å². The molecule has 1 aromatic rings. The van der Waals surface area contributed by atoms with Gasteiger partial charge < -0.3 is 14.2 Å². The summed E-state index contributed by atoms with van der Waals surface area (Å²) in [6.45, 7) is 0. The van der Waals surface area contributed by atoms with Gasteiger partial charge in [-0.25, -0.2) is 0 Å². The van der Waals surface area contributed by atoms with Crippen LogP contribution in [0.25, 0.3) is 0 Å². The summed E-state index contributed by atoms with van der Waals surface area (Å²) >= 11 is 0. The van der Waals surface area contributed by atoms with E-state index in [1.807, 2.05) is 0 Å². The van der Waals surface area contributed by atoms with E-state index < -0.39 is 16.8 Å². The predicted molar refractivity (Wildman–Crippen MR) is 72.4 cm³/mol. The van der Waals surface area contributed by atoms with Crippen molar-refractivity contribution in [1.82, 2.24) is 0 Å². The molecule has 2 rings (SSSR count). The highest BCUT2D eigenvalue weighted by Gasteiger charge is 2.47. The van der Waals surface area contributed by atoms with Gasteiger partial charge >= 0.3 is 5.79 Å². The van der Waals surface area contributed by atoms with Crippen molar-refractivity contribution in [2.75, 3.05) is 14.2 Å². The number of benzene rings is 1. The SMILES string of the molecule is COc1ccc(OC2(OC)C=CC=CC2[N+](=O)[O-])cc1. The van der Waals surface area contributed by atoms with Crippen LogP contribution in [0.3, 0.4) is 0 Å². The number of hydrogen-bond donors (Lipinski definition) is 0. The Labute approximate surface area is 116 Å². The van der Waals surface area contributed by atoms with E-state index in [9.17, 15) is 10.1 Å². The summed E-state index contributed by atoms with van der Waals surface area (Å²) in [6.07, 6.45) is 6.23. The topological polar surface area (TPSA) is 70.8 Å². The summed E-state index contributed by atoms with van der Waals surface area (Å²) in [7, 11) is 2.94. The van der Waals surface area contributed by atoms with Crippen LogP contribution in [-0.4, -0.2) is 31.0 Å². The van der Waals surface area contributed by atoms with Crippen molar-refractivity contribution in [2.24, 2.45) is 0 Å². The summed E-state index contributed by atoms with van der Waals surface area (Å²) in [4.78, 5) is 10.7. The smallest absolute Gasteiger partial charge is 0.303 e. The van der Waals surface area contributed by atoms with E-state index in [-0.39, 0.29) is 0 Å². The molecule has 6 nitrogen and oxygen atoms in total. The van der Waals surface area contributed by atoms with Gasteiger partial charge in [-0.1, -0.05) is 12.2 Å². The van der Waals surface area contributed by atoms with Crippen LogP contribution in [0.4, 0.5) is 0 Å². The summed E-state index contributed by atoms with van der Waals surface area (Å²) < 4.78 is 16.0. The quantitative estimate of drug-likeness (QED) is 0.468. The summed E-state index contributed by atoms with van der Waals surface area (Å²) in [5, 5.41) is 11.2. The Balaban J connectivity index is 2.28. The van der Waals surface area contributed by atoms with Crippen molar-refractivity contribution in [1.29, 1.82) is 0 Å². The second-order valence-electron chi connectivity index (χ2n) is 4.18. The fraction of sp³-hybridized carbons (Fsp3) is 0.286. The molecule has 0 heterocycles. The van der Waals surface area contributed by atoms with Gasteiger partial charge in [0.15, 0.2) is 0 Å². The molecule has 0 bridgehead atoms. The number of methoxy groups -OCH3 is 2. The maximum Gasteiger partial charge on any atom is 0.303 e. The molecule has 0 spiro atoms. The van der Waals surface area contributed by atoms with E-state index in [0.717, 1.165) is 0 Å². The highest BCUT2D eigenvalue weighted by atomic mass is 16.7. The number of ether oxygens (including phenoxy) is 3. The Morgan fingerprint density at radius 1 is 1.15 bits per heavy atom. The standard InChI is InChI=1S/C14H15NO5/c1-18-11-6-8-12(9-7-11)20-14(19-2)10-4-3-5-13(14)15(16)17/h3-10,13H,1-2H3. The van der Waals surface area contributed by atoms with Gasteiger partial charge in [0.05, 0.1) is 7.11 Å². The van der Waals surface area contributed by atoms with Gasteiger partial charge in [0.2, 0.25) is 0 Å². The maximum atomic E-state index is 11.2. The lowest BCUT2D eigenvalue weighted by atomic mass is 10.0. The lowest BCUT2D eigenvalue weighted by Crippen LogP contribution is -2.51. The summed E-state index contributed by atoms with van der Waals surface area (Å²) in [6, 6.07) is 5.65. The highest BCUT2D eigenvalue weighted by Crippen LogP contribution is 2.29. The first kappa shape index (κ1) is 14.1. The zero-order chi connectivity index (χ0) is 14.6. The van der Waals surface area contributed by atoms with Gasteiger partial charge in [-0.05, 0) is 36.4 Å². The molecule has 1 aliphatic rings. The zero-order valence-corrected chi connectivity index (χ0v) is 11.2. The normalized spacial score (nSPS) is 24.4. The Bertz CT molecular complexity index is 537. The van der Waals surface area contributed by atoms with Crippen molar-refractivity contribution >= 4 is 0 Å². The Kier molecular flexibility index (Phi) is 4.05. The number of nitro groups is 1. The first-order valence-electron chi connectivity index (χ1n) is 5.99. The number of rotatable bonds is 5. The van der Waals surface area contributed by atoms with Crippen LogP contribution in [-0.2, 0) is 4.74 Å². The molecule has 0 saturated heterocycles. The number of nitrogens with zero attached hydrogens (tertiary/aromatic N) is 1. The van der Waals surface area contributed by atoms with Crippen molar-refractivity contribution < 1.29 is 19.1 Å². The van der Waals surface area contributed by atoms with Crippen molar-refractivity contribution in [3.05, 3.63) is 58.7 Å². The van der Waals surface area contributed by atoms with Gasteiger partial charge in [0.25, 0.3) is 6.04 Å². The molecule has 106 valence electrons. The Morgan fingerprint density at radius 2 is 1.80 bits per heavy atom. The second kappa shape index (κ2) is 5.75. The van der Waals surface area contributed by atoms with E-state index in [4.69, 9.17) is 14.2 Å². The molecule has 0 aliphatic heterocycles. The third kappa shape index (κ3) is 2.65. The first-order valence-corrected chi connectivity index (χ1v) is 5.99. The number of hydrogen-bond acceptors (Lipinski definition) is 5. The second-order valence-corrected chi connectivity index (χ2v) is 4.18. The first-order chi connectivity index (χ1) is 9.61. The van der Waals surface area contributed by atoms with Crippen molar-refractivity contribution in [2.45, 2.75) is 11.8 Å². The lowest BCUT2D eigenvalue weighted by molar-refractivity contribution is -0.542. The highest BCUT2D eigenvalue weighted by molar-refractivity contribution is 5.33. The molecule has 0 fully saturated rings. The minimum absolute atomic E-state index is 0.437. The monoisotopic (exact) mass is 277 g/mol. The van der Waals surface area contributed by atoms with Crippen LogP contribution in [0.2, 0.25) is 0 Å². The molecular formula is C14H15NO5. The maximum absolute atomic E-state index is 11.2. The fourth-order valence-corrected chi connectivity index (χ4v) is 1.96. The van der Waals surface area contributed by atoms with Crippen molar-refractivity contribution in [3.63, 3.8) is 0 Å².